The van der Waals surface area contributed by atoms with Crippen molar-refractivity contribution in [3.63, 3.8) is 0 Å². The highest BCUT2D eigenvalue weighted by atomic mass is 16.5. The van der Waals surface area contributed by atoms with Crippen LogP contribution in [0.25, 0.3) is 11.2 Å². The number of aromatic amines is 1. The van der Waals surface area contributed by atoms with Crippen molar-refractivity contribution in [1.82, 2.24) is 19.9 Å². The second-order valence-corrected chi connectivity index (χ2v) is 5.12. The Bertz CT molecular complexity index is 567. The van der Waals surface area contributed by atoms with Crippen molar-refractivity contribution in [3.05, 3.63) is 6.33 Å². The molecule has 2 unspecified atom stereocenters. The number of H-pyrrole nitrogens is 1. The summed E-state index contributed by atoms with van der Waals surface area (Å²) in [6.45, 7) is 2.24. The third kappa shape index (κ3) is 2.34. The summed E-state index contributed by atoms with van der Waals surface area (Å²) in [6, 6.07) is 0. The van der Waals surface area contributed by atoms with Crippen molar-refractivity contribution in [2.24, 2.45) is 5.92 Å². The van der Waals surface area contributed by atoms with Crippen LogP contribution in [0.15, 0.2) is 6.33 Å². The zero-order valence-corrected chi connectivity index (χ0v) is 11.3. The predicted octanol–water partition coefficient (Wildman–Crippen LogP) is 2.35. The molecule has 0 amide bonds. The summed E-state index contributed by atoms with van der Waals surface area (Å²) in [5, 5.41) is 2.94. The average molecular weight is 261 g/mol. The molecule has 0 bridgehead atoms. The summed E-state index contributed by atoms with van der Waals surface area (Å²) in [4.78, 5) is 15.9. The molecule has 6 nitrogen and oxygen atoms in total. The molecule has 0 aromatic carbocycles. The molecule has 3 rings (SSSR count). The SMILES string of the molecule is CNc1nc(OC2CCCCC2C)c2[nH]cnc2n1. The largest absolute Gasteiger partial charge is 0.472 e. The second-order valence-electron chi connectivity index (χ2n) is 5.12. The number of imidazole rings is 1. The van der Waals surface area contributed by atoms with Crippen molar-refractivity contribution in [3.8, 4) is 5.88 Å². The molecule has 2 aromatic heterocycles. The zero-order valence-electron chi connectivity index (χ0n) is 11.3. The third-order valence-electron chi connectivity index (χ3n) is 3.77. The van der Waals surface area contributed by atoms with E-state index in [4.69, 9.17) is 4.74 Å². The van der Waals surface area contributed by atoms with Gasteiger partial charge in [0.2, 0.25) is 11.8 Å². The van der Waals surface area contributed by atoms with Gasteiger partial charge in [-0.25, -0.2) is 4.98 Å². The molecule has 1 aliphatic carbocycles. The van der Waals surface area contributed by atoms with Crippen LogP contribution in [-0.2, 0) is 0 Å². The smallest absolute Gasteiger partial charge is 0.245 e. The summed E-state index contributed by atoms with van der Waals surface area (Å²) in [7, 11) is 1.79. The first-order valence-corrected chi connectivity index (χ1v) is 6.83. The van der Waals surface area contributed by atoms with E-state index in [1.165, 1.54) is 19.3 Å². The summed E-state index contributed by atoms with van der Waals surface area (Å²) in [6.07, 6.45) is 6.70. The van der Waals surface area contributed by atoms with Gasteiger partial charge in [-0.1, -0.05) is 13.3 Å². The molecule has 2 N–H and O–H groups in total. The van der Waals surface area contributed by atoms with Crippen LogP contribution in [0.5, 0.6) is 5.88 Å². The lowest BCUT2D eigenvalue weighted by molar-refractivity contribution is 0.0992. The van der Waals surface area contributed by atoms with E-state index >= 15 is 0 Å². The standard InChI is InChI=1S/C13H19N5O/c1-8-5-3-4-6-9(8)19-12-10-11(16-7-15-10)17-13(14-2)18-12/h7-9H,3-6H2,1-2H3,(H2,14,15,16,17,18). The van der Waals surface area contributed by atoms with Crippen LogP contribution in [-0.4, -0.2) is 33.1 Å². The lowest BCUT2D eigenvalue weighted by atomic mass is 9.88. The van der Waals surface area contributed by atoms with E-state index in [2.05, 4.69) is 32.2 Å². The third-order valence-corrected chi connectivity index (χ3v) is 3.77. The monoisotopic (exact) mass is 261 g/mol. The van der Waals surface area contributed by atoms with Crippen molar-refractivity contribution in [2.75, 3.05) is 12.4 Å². The molecule has 0 aliphatic heterocycles. The van der Waals surface area contributed by atoms with Gasteiger partial charge in [0.1, 0.15) is 11.6 Å². The second kappa shape index (κ2) is 5.03. The maximum absolute atomic E-state index is 6.12. The van der Waals surface area contributed by atoms with Crippen molar-refractivity contribution in [1.29, 1.82) is 0 Å². The maximum atomic E-state index is 6.12. The number of nitrogens with one attached hydrogen (secondary N) is 2. The molecule has 0 radical (unpaired) electrons. The highest BCUT2D eigenvalue weighted by Gasteiger charge is 2.24. The molecule has 1 aliphatic rings. The molecule has 0 spiro atoms. The summed E-state index contributed by atoms with van der Waals surface area (Å²) in [5.41, 5.74) is 1.41. The summed E-state index contributed by atoms with van der Waals surface area (Å²) in [5.74, 6) is 1.71. The molecule has 102 valence electrons. The van der Waals surface area contributed by atoms with Gasteiger partial charge in [0, 0.05) is 7.05 Å². The van der Waals surface area contributed by atoms with Crippen molar-refractivity contribution in [2.45, 2.75) is 38.7 Å². The highest BCUT2D eigenvalue weighted by Crippen LogP contribution is 2.30. The number of aromatic nitrogens is 4. The first-order valence-electron chi connectivity index (χ1n) is 6.83. The minimum absolute atomic E-state index is 0.236. The Kier molecular flexibility index (Phi) is 3.23. The van der Waals surface area contributed by atoms with Crippen molar-refractivity contribution < 1.29 is 4.74 Å². The normalized spacial score (nSPS) is 23.5. The number of fused-ring (bicyclic) bond motifs is 1. The molecule has 1 saturated carbocycles. The lowest BCUT2D eigenvalue weighted by Gasteiger charge is -2.28. The van der Waals surface area contributed by atoms with Crippen LogP contribution < -0.4 is 10.1 Å². The Morgan fingerprint density at radius 1 is 1.32 bits per heavy atom. The van der Waals surface area contributed by atoms with E-state index in [1.54, 1.807) is 13.4 Å². The average Bonchev–Trinajstić information content (AvgIpc) is 2.89. The number of ether oxygens (including phenoxy) is 1. The number of nitrogens with zero attached hydrogens (tertiary/aromatic N) is 3. The molecule has 2 aromatic rings. The Morgan fingerprint density at radius 3 is 2.95 bits per heavy atom. The van der Waals surface area contributed by atoms with Gasteiger partial charge in [-0.3, -0.25) is 0 Å². The molecule has 0 saturated heterocycles. The molecular weight excluding hydrogens is 242 g/mol. The topological polar surface area (TPSA) is 75.7 Å². The van der Waals surface area contributed by atoms with Crippen LogP contribution in [0.2, 0.25) is 0 Å². The van der Waals surface area contributed by atoms with E-state index in [0.29, 0.717) is 23.4 Å². The molecule has 19 heavy (non-hydrogen) atoms. The van der Waals surface area contributed by atoms with Crippen LogP contribution in [0.3, 0.4) is 0 Å². The fourth-order valence-electron chi connectivity index (χ4n) is 2.60. The van der Waals surface area contributed by atoms with E-state index in [9.17, 15) is 0 Å². The Labute approximate surface area is 112 Å². The van der Waals surface area contributed by atoms with Crippen LogP contribution >= 0.6 is 0 Å². The fourth-order valence-corrected chi connectivity index (χ4v) is 2.60. The van der Waals surface area contributed by atoms with Gasteiger partial charge in [0.25, 0.3) is 0 Å². The number of hydrogen-bond donors (Lipinski definition) is 2. The van der Waals surface area contributed by atoms with E-state index in [1.807, 2.05) is 0 Å². The van der Waals surface area contributed by atoms with Crippen molar-refractivity contribution >= 4 is 17.1 Å². The molecule has 2 heterocycles. The number of hydrogen-bond acceptors (Lipinski definition) is 5. The molecule has 1 fully saturated rings. The Hall–Kier alpha value is -1.85. The zero-order chi connectivity index (χ0) is 13.2. The molecule has 2 atom stereocenters. The Morgan fingerprint density at radius 2 is 2.16 bits per heavy atom. The van der Waals surface area contributed by atoms with Crippen LogP contribution in [0.4, 0.5) is 5.95 Å². The number of rotatable bonds is 3. The maximum Gasteiger partial charge on any atom is 0.245 e. The van der Waals surface area contributed by atoms with Gasteiger partial charge in [-0.2, -0.15) is 9.97 Å². The van der Waals surface area contributed by atoms with Gasteiger partial charge < -0.3 is 15.0 Å². The highest BCUT2D eigenvalue weighted by molar-refractivity contribution is 5.76. The quantitative estimate of drug-likeness (QED) is 0.887. The first-order chi connectivity index (χ1) is 9.28. The van der Waals surface area contributed by atoms with Gasteiger partial charge in [0.15, 0.2) is 5.65 Å². The van der Waals surface area contributed by atoms with Gasteiger partial charge in [-0.15, -0.1) is 0 Å². The lowest BCUT2D eigenvalue weighted by Crippen LogP contribution is -2.28. The predicted molar refractivity (Wildman–Crippen MR) is 73.3 cm³/mol. The van der Waals surface area contributed by atoms with Gasteiger partial charge in [0.05, 0.1) is 6.33 Å². The van der Waals surface area contributed by atoms with Crippen LogP contribution in [0.1, 0.15) is 32.6 Å². The molecule has 6 heteroatoms. The summed E-state index contributed by atoms with van der Waals surface area (Å²) < 4.78 is 6.12. The first kappa shape index (κ1) is 12.2. The fraction of sp³-hybridized carbons (Fsp3) is 0.615. The minimum Gasteiger partial charge on any atom is -0.472 e. The Balaban J connectivity index is 1.92. The summed E-state index contributed by atoms with van der Waals surface area (Å²) >= 11 is 0. The molecular formula is C13H19N5O. The number of anilines is 1. The minimum atomic E-state index is 0.236. The van der Waals surface area contributed by atoms with E-state index in [-0.39, 0.29) is 6.10 Å². The van der Waals surface area contributed by atoms with Gasteiger partial charge in [-0.05, 0) is 25.2 Å². The van der Waals surface area contributed by atoms with Crippen LogP contribution in [0, 0.1) is 5.92 Å². The van der Waals surface area contributed by atoms with E-state index < -0.39 is 0 Å². The van der Waals surface area contributed by atoms with E-state index in [0.717, 1.165) is 11.9 Å². The van der Waals surface area contributed by atoms with Gasteiger partial charge >= 0.3 is 0 Å².